The van der Waals surface area contributed by atoms with Crippen molar-refractivity contribution in [3.63, 3.8) is 0 Å². The Labute approximate surface area is 140 Å². The van der Waals surface area contributed by atoms with Gasteiger partial charge in [-0.15, -0.1) is 0 Å². The van der Waals surface area contributed by atoms with E-state index in [9.17, 15) is 4.79 Å². The lowest BCUT2D eigenvalue weighted by atomic mass is 10.0. The van der Waals surface area contributed by atoms with Crippen LogP contribution in [0.4, 0.5) is 0 Å². The van der Waals surface area contributed by atoms with Gasteiger partial charge in [0.15, 0.2) is 0 Å². The third-order valence-electron chi connectivity index (χ3n) is 4.35. The van der Waals surface area contributed by atoms with E-state index in [1.54, 1.807) is 0 Å². The van der Waals surface area contributed by atoms with Crippen LogP contribution < -0.4 is 5.32 Å². The normalized spacial score (nSPS) is 10.8. The number of rotatable bonds is 3. The number of hydrogen-bond acceptors (Lipinski definition) is 1. The first-order chi connectivity index (χ1) is 11.8. The van der Waals surface area contributed by atoms with Crippen LogP contribution in [-0.2, 0) is 6.54 Å². The molecular weight excluding hydrogens is 294 g/mol. The molecule has 0 spiro atoms. The maximum absolute atomic E-state index is 12.7. The van der Waals surface area contributed by atoms with Gasteiger partial charge in [-0.3, -0.25) is 4.79 Å². The van der Waals surface area contributed by atoms with Crippen LogP contribution in [-0.4, -0.2) is 5.91 Å². The van der Waals surface area contributed by atoms with Gasteiger partial charge in [0.05, 0.1) is 0 Å². The third kappa shape index (κ3) is 2.63. The van der Waals surface area contributed by atoms with E-state index in [4.69, 9.17) is 0 Å². The largest absolute Gasteiger partial charge is 0.348 e. The summed E-state index contributed by atoms with van der Waals surface area (Å²) in [6.07, 6.45) is 0. The molecule has 0 unspecified atom stereocenters. The minimum absolute atomic E-state index is 0.0419. The van der Waals surface area contributed by atoms with Crippen LogP contribution >= 0.6 is 0 Å². The molecule has 1 N–H and O–H groups in total. The van der Waals surface area contributed by atoms with Gasteiger partial charge in [-0.25, -0.2) is 0 Å². The van der Waals surface area contributed by atoms with Gasteiger partial charge in [0.2, 0.25) is 0 Å². The molecule has 2 heteroatoms. The summed E-state index contributed by atoms with van der Waals surface area (Å²) in [6.45, 7) is 0.517. The van der Waals surface area contributed by atoms with E-state index >= 15 is 0 Å². The molecule has 0 aliphatic heterocycles. The lowest BCUT2D eigenvalue weighted by Crippen LogP contribution is -2.23. The highest BCUT2D eigenvalue weighted by molar-refractivity contribution is 6.07. The van der Waals surface area contributed by atoms with E-state index in [2.05, 4.69) is 29.6 Å². The number of amides is 1. The molecule has 4 aromatic carbocycles. The molecule has 0 heterocycles. The molecule has 0 saturated carbocycles. The van der Waals surface area contributed by atoms with Gasteiger partial charge >= 0.3 is 0 Å². The summed E-state index contributed by atoms with van der Waals surface area (Å²) in [7, 11) is 0. The number of benzene rings is 4. The SMILES string of the molecule is O=C(NCc1cccc2ccccc12)c1cccc2ccccc12. The van der Waals surface area contributed by atoms with Crippen LogP contribution in [0.1, 0.15) is 15.9 Å². The Morgan fingerprint density at radius 2 is 1.25 bits per heavy atom. The second-order valence-electron chi connectivity index (χ2n) is 5.85. The topological polar surface area (TPSA) is 29.1 Å². The van der Waals surface area contributed by atoms with Crippen molar-refractivity contribution in [3.05, 3.63) is 96.1 Å². The van der Waals surface area contributed by atoms with E-state index in [1.807, 2.05) is 60.7 Å². The smallest absolute Gasteiger partial charge is 0.252 e. The lowest BCUT2D eigenvalue weighted by molar-refractivity contribution is 0.0952. The predicted molar refractivity (Wildman–Crippen MR) is 99.1 cm³/mol. The molecule has 116 valence electrons. The van der Waals surface area contributed by atoms with Crippen molar-refractivity contribution >= 4 is 27.5 Å². The van der Waals surface area contributed by atoms with E-state index in [0.717, 1.165) is 16.3 Å². The van der Waals surface area contributed by atoms with Gasteiger partial charge in [-0.2, -0.15) is 0 Å². The van der Waals surface area contributed by atoms with Gasteiger partial charge in [-0.1, -0.05) is 78.9 Å². The van der Waals surface area contributed by atoms with Crippen LogP contribution in [0.15, 0.2) is 84.9 Å². The lowest BCUT2D eigenvalue weighted by Gasteiger charge is -2.10. The fraction of sp³-hybridized carbons (Fsp3) is 0.0455. The number of carbonyl (C=O) groups is 1. The minimum Gasteiger partial charge on any atom is -0.348 e. The van der Waals surface area contributed by atoms with E-state index in [0.29, 0.717) is 12.1 Å². The Hall–Kier alpha value is -3.13. The summed E-state index contributed by atoms with van der Waals surface area (Å²) in [5, 5.41) is 7.49. The molecular formula is C22H17NO. The Kier molecular flexibility index (Phi) is 3.72. The van der Waals surface area contributed by atoms with Crippen LogP contribution in [0.2, 0.25) is 0 Å². The Morgan fingerprint density at radius 1 is 0.667 bits per heavy atom. The molecule has 0 bridgehead atoms. The van der Waals surface area contributed by atoms with Crippen LogP contribution in [0.25, 0.3) is 21.5 Å². The molecule has 0 fully saturated rings. The number of nitrogens with one attached hydrogen (secondary N) is 1. The molecule has 0 aliphatic carbocycles. The molecule has 0 saturated heterocycles. The second-order valence-corrected chi connectivity index (χ2v) is 5.85. The van der Waals surface area contributed by atoms with Crippen molar-refractivity contribution < 1.29 is 4.79 Å². The van der Waals surface area contributed by atoms with Gasteiger partial charge in [0.1, 0.15) is 0 Å². The summed E-state index contributed by atoms with van der Waals surface area (Å²) in [5.41, 5.74) is 1.84. The summed E-state index contributed by atoms with van der Waals surface area (Å²) >= 11 is 0. The summed E-state index contributed by atoms with van der Waals surface area (Å²) in [4.78, 5) is 12.7. The molecule has 4 aromatic rings. The zero-order valence-corrected chi connectivity index (χ0v) is 13.2. The van der Waals surface area contributed by atoms with Crippen LogP contribution in [0.5, 0.6) is 0 Å². The van der Waals surface area contributed by atoms with Gasteiger partial charge < -0.3 is 5.32 Å². The van der Waals surface area contributed by atoms with Crippen LogP contribution in [0, 0.1) is 0 Å². The van der Waals surface area contributed by atoms with E-state index in [1.165, 1.54) is 10.8 Å². The maximum atomic E-state index is 12.7. The maximum Gasteiger partial charge on any atom is 0.252 e. The number of carbonyl (C=O) groups excluding carboxylic acids is 1. The molecule has 0 aromatic heterocycles. The first-order valence-electron chi connectivity index (χ1n) is 8.05. The van der Waals surface area contributed by atoms with Crippen LogP contribution in [0.3, 0.4) is 0 Å². The zero-order chi connectivity index (χ0) is 16.4. The first kappa shape index (κ1) is 14.5. The average molecular weight is 311 g/mol. The molecule has 2 nitrogen and oxygen atoms in total. The number of hydrogen-bond donors (Lipinski definition) is 1. The van der Waals surface area contributed by atoms with Gasteiger partial charge in [0.25, 0.3) is 5.91 Å². The van der Waals surface area contributed by atoms with Crippen molar-refractivity contribution in [1.82, 2.24) is 5.32 Å². The van der Waals surface area contributed by atoms with Crippen molar-refractivity contribution in [2.24, 2.45) is 0 Å². The highest BCUT2D eigenvalue weighted by Gasteiger charge is 2.10. The van der Waals surface area contributed by atoms with Gasteiger partial charge in [-0.05, 0) is 33.2 Å². The molecule has 1 amide bonds. The van der Waals surface area contributed by atoms with Crippen molar-refractivity contribution in [2.75, 3.05) is 0 Å². The van der Waals surface area contributed by atoms with E-state index < -0.39 is 0 Å². The highest BCUT2D eigenvalue weighted by Crippen LogP contribution is 2.20. The molecule has 4 rings (SSSR count). The molecule has 0 radical (unpaired) electrons. The summed E-state index contributed by atoms with van der Waals surface area (Å²) in [5.74, 6) is -0.0419. The quantitative estimate of drug-likeness (QED) is 0.571. The summed E-state index contributed by atoms with van der Waals surface area (Å²) in [6, 6.07) is 28.2. The molecule has 0 atom stereocenters. The van der Waals surface area contributed by atoms with E-state index in [-0.39, 0.29) is 5.91 Å². The Morgan fingerprint density at radius 3 is 2.04 bits per heavy atom. The fourth-order valence-electron chi connectivity index (χ4n) is 3.14. The highest BCUT2D eigenvalue weighted by atomic mass is 16.1. The third-order valence-corrected chi connectivity index (χ3v) is 4.35. The van der Waals surface area contributed by atoms with Crippen molar-refractivity contribution in [1.29, 1.82) is 0 Å². The van der Waals surface area contributed by atoms with Gasteiger partial charge in [0, 0.05) is 12.1 Å². The monoisotopic (exact) mass is 311 g/mol. The van der Waals surface area contributed by atoms with Crippen molar-refractivity contribution in [2.45, 2.75) is 6.54 Å². The zero-order valence-electron chi connectivity index (χ0n) is 13.2. The second kappa shape index (κ2) is 6.17. The standard InChI is InChI=1S/C22H17NO/c24-22(21-14-6-10-17-8-2-4-13-20(17)21)23-15-18-11-5-9-16-7-1-3-12-19(16)18/h1-14H,15H2,(H,23,24). The van der Waals surface area contributed by atoms with Crippen molar-refractivity contribution in [3.8, 4) is 0 Å². The molecule has 24 heavy (non-hydrogen) atoms. The number of fused-ring (bicyclic) bond motifs is 2. The average Bonchev–Trinajstić information content (AvgIpc) is 2.65. The minimum atomic E-state index is -0.0419. The fourth-order valence-corrected chi connectivity index (χ4v) is 3.14. The Bertz CT molecular complexity index is 1030. The predicted octanol–water partition coefficient (Wildman–Crippen LogP) is 4.92. The summed E-state index contributed by atoms with van der Waals surface area (Å²) < 4.78 is 0. The molecule has 0 aliphatic rings. The Balaban J connectivity index is 1.62. The first-order valence-corrected chi connectivity index (χ1v) is 8.05.